The van der Waals surface area contributed by atoms with Crippen molar-refractivity contribution in [3.8, 4) is 0 Å². The summed E-state index contributed by atoms with van der Waals surface area (Å²) in [6.45, 7) is 9.00. The molecule has 8 heteroatoms. The van der Waals surface area contributed by atoms with Gasteiger partial charge in [-0.15, -0.1) is 0 Å². The summed E-state index contributed by atoms with van der Waals surface area (Å²) in [5.41, 5.74) is 2.32. The zero-order valence-corrected chi connectivity index (χ0v) is 21.6. The Hall–Kier alpha value is -3.26. The summed E-state index contributed by atoms with van der Waals surface area (Å²) in [5.74, 6) is 0.171. The van der Waals surface area contributed by atoms with E-state index < -0.39 is 5.54 Å². The number of aromatic nitrogens is 1. The second-order valence-electron chi connectivity index (χ2n) is 10.4. The number of nitrogens with zero attached hydrogens (tertiary/aromatic N) is 4. The topological polar surface area (TPSA) is 85.9 Å². The van der Waals surface area contributed by atoms with Gasteiger partial charge in [-0.2, -0.15) is 0 Å². The first-order valence-corrected chi connectivity index (χ1v) is 12.9. The van der Waals surface area contributed by atoms with Crippen molar-refractivity contribution in [2.75, 3.05) is 31.5 Å². The highest BCUT2D eigenvalue weighted by Crippen LogP contribution is 2.38. The summed E-state index contributed by atoms with van der Waals surface area (Å²) in [6.07, 6.45) is 6.40. The van der Waals surface area contributed by atoms with Crippen LogP contribution in [0.4, 0.5) is 10.5 Å². The van der Waals surface area contributed by atoms with Crippen molar-refractivity contribution in [1.29, 1.82) is 0 Å². The third-order valence-electron chi connectivity index (χ3n) is 7.10. The number of pyridine rings is 1. The number of nitrogens with one attached hydrogen (secondary N) is 1. The van der Waals surface area contributed by atoms with Gasteiger partial charge >= 0.3 is 6.03 Å². The van der Waals surface area contributed by atoms with Gasteiger partial charge in [0.15, 0.2) is 0 Å². The monoisotopic (exact) mass is 491 g/mol. The molecule has 1 spiro atoms. The number of hydrogen-bond donors (Lipinski definition) is 1. The van der Waals surface area contributed by atoms with E-state index in [2.05, 4.69) is 29.0 Å². The molecule has 0 saturated carbocycles. The Kier molecular flexibility index (Phi) is 8.04. The molecule has 2 saturated heterocycles. The number of hydrogen-bond acceptors (Lipinski definition) is 5. The molecule has 2 aliphatic rings. The molecule has 4 amide bonds. The number of imide groups is 1. The predicted octanol–water partition coefficient (Wildman–Crippen LogP) is 3.93. The smallest absolute Gasteiger partial charge is 0.326 e. The lowest BCUT2D eigenvalue weighted by Gasteiger charge is -2.42. The lowest BCUT2D eigenvalue weighted by Crippen LogP contribution is -2.57. The van der Waals surface area contributed by atoms with Crippen molar-refractivity contribution < 1.29 is 14.4 Å². The third kappa shape index (κ3) is 5.75. The van der Waals surface area contributed by atoms with Crippen LogP contribution in [0.5, 0.6) is 0 Å². The van der Waals surface area contributed by atoms with Crippen LogP contribution >= 0.6 is 0 Å². The van der Waals surface area contributed by atoms with Crippen LogP contribution < -0.4 is 5.32 Å². The molecule has 0 radical (unpaired) electrons. The normalized spacial score (nSPS) is 17.9. The van der Waals surface area contributed by atoms with Gasteiger partial charge in [-0.3, -0.25) is 24.4 Å². The molecule has 1 aromatic carbocycles. The summed E-state index contributed by atoms with van der Waals surface area (Å²) >= 11 is 0. The molecule has 1 aromatic heterocycles. The molecule has 192 valence electrons. The number of anilines is 1. The quantitative estimate of drug-likeness (QED) is 0.537. The van der Waals surface area contributed by atoms with Crippen molar-refractivity contribution in [1.82, 2.24) is 19.7 Å². The Morgan fingerprint density at radius 1 is 1.08 bits per heavy atom. The Balaban J connectivity index is 1.40. The van der Waals surface area contributed by atoms with Crippen molar-refractivity contribution in [2.45, 2.75) is 58.5 Å². The Bertz CT molecular complexity index is 1060. The summed E-state index contributed by atoms with van der Waals surface area (Å²) in [5, 5.41) is 2.79. The first-order chi connectivity index (χ1) is 17.3. The van der Waals surface area contributed by atoms with E-state index in [0.717, 1.165) is 49.3 Å². The summed E-state index contributed by atoms with van der Waals surface area (Å²) < 4.78 is 0. The van der Waals surface area contributed by atoms with Crippen molar-refractivity contribution in [3.05, 3.63) is 59.9 Å². The van der Waals surface area contributed by atoms with Crippen LogP contribution in [0.1, 0.15) is 51.2 Å². The van der Waals surface area contributed by atoms with E-state index >= 15 is 0 Å². The molecule has 2 fully saturated rings. The van der Waals surface area contributed by atoms with Gasteiger partial charge in [-0.1, -0.05) is 32.0 Å². The number of carbonyl (C=O) groups is 3. The van der Waals surface area contributed by atoms with E-state index in [4.69, 9.17) is 0 Å². The maximum absolute atomic E-state index is 13.7. The Morgan fingerprint density at radius 3 is 2.42 bits per heavy atom. The minimum Gasteiger partial charge on any atom is -0.326 e. The Labute approximate surface area is 213 Å². The van der Waals surface area contributed by atoms with Gasteiger partial charge in [-0.25, -0.2) is 4.79 Å². The molecule has 0 bridgehead atoms. The molecule has 1 N–H and O–H groups in total. The third-order valence-corrected chi connectivity index (χ3v) is 7.10. The van der Waals surface area contributed by atoms with Crippen molar-refractivity contribution >= 4 is 23.5 Å². The lowest BCUT2D eigenvalue weighted by atomic mass is 9.85. The minimum absolute atomic E-state index is 0.0290. The molecule has 8 nitrogen and oxygen atoms in total. The van der Waals surface area contributed by atoms with Crippen LogP contribution in [0.25, 0.3) is 0 Å². The molecular formula is C28H37N5O3. The van der Waals surface area contributed by atoms with E-state index in [1.54, 1.807) is 6.20 Å². The predicted molar refractivity (Wildman–Crippen MR) is 139 cm³/mol. The van der Waals surface area contributed by atoms with E-state index in [1.165, 1.54) is 11.8 Å². The number of urea groups is 1. The van der Waals surface area contributed by atoms with Crippen molar-refractivity contribution in [3.63, 3.8) is 0 Å². The van der Waals surface area contributed by atoms with Gasteiger partial charge in [-0.05, 0) is 60.9 Å². The van der Waals surface area contributed by atoms with Crippen LogP contribution in [0, 0.1) is 5.92 Å². The molecule has 4 rings (SSSR count). The molecule has 2 aromatic rings. The second-order valence-corrected chi connectivity index (χ2v) is 10.4. The largest absolute Gasteiger partial charge is 0.327 e. The lowest BCUT2D eigenvalue weighted by molar-refractivity contribution is -0.136. The molecular weight excluding hydrogens is 454 g/mol. The van der Waals surface area contributed by atoms with Gasteiger partial charge in [0.05, 0.1) is 0 Å². The average Bonchev–Trinajstić information content (AvgIpc) is 3.03. The van der Waals surface area contributed by atoms with Crippen LogP contribution in [-0.2, 0) is 22.6 Å². The van der Waals surface area contributed by atoms with Gasteiger partial charge in [0.2, 0.25) is 5.91 Å². The van der Waals surface area contributed by atoms with Crippen LogP contribution in [0.2, 0.25) is 0 Å². The summed E-state index contributed by atoms with van der Waals surface area (Å²) in [4.78, 5) is 48.2. The first-order valence-electron chi connectivity index (χ1n) is 12.9. The number of benzene rings is 1. The Morgan fingerprint density at radius 2 is 1.81 bits per heavy atom. The zero-order valence-electron chi connectivity index (χ0n) is 21.6. The number of likely N-dealkylation sites (tertiary alicyclic amines) is 1. The van der Waals surface area contributed by atoms with E-state index in [9.17, 15) is 14.4 Å². The summed E-state index contributed by atoms with van der Waals surface area (Å²) in [6, 6.07) is 11.7. The average molecular weight is 492 g/mol. The fraction of sp³-hybridized carbons (Fsp3) is 0.500. The highest BCUT2D eigenvalue weighted by Gasteiger charge is 2.57. The molecule has 2 aliphatic heterocycles. The fourth-order valence-electron chi connectivity index (χ4n) is 5.30. The standard InChI is InChI=1S/C28H37N5O3/c1-21(2)19-33-27(36)32(15-5-7-23-6-4-14-29-18-23)26(35)28(33)12-16-31(17-13-28)20-24-8-10-25(11-9-24)30-22(3)34/h4,6,8-11,14,18,21H,5,7,12-13,15-17,19-20H2,1-3H3,(H,30,34). The van der Waals surface area contributed by atoms with Gasteiger partial charge in [0.25, 0.3) is 5.91 Å². The zero-order chi connectivity index (χ0) is 25.7. The van der Waals surface area contributed by atoms with E-state index in [-0.39, 0.29) is 23.8 Å². The van der Waals surface area contributed by atoms with Crippen LogP contribution in [0.15, 0.2) is 48.8 Å². The van der Waals surface area contributed by atoms with Crippen molar-refractivity contribution in [2.24, 2.45) is 5.92 Å². The second kappa shape index (κ2) is 11.2. The molecule has 36 heavy (non-hydrogen) atoms. The van der Waals surface area contributed by atoms with E-state index in [0.29, 0.717) is 25.9 Å². The SMILES string of the molecule is CC(=O)Nc1ccc(CN2CCC3(CC2)C(=O)N(CCCc2cccnc2)C(=O)N3CC(C)C)cc1. The van der Waals surface area contributed by atoms with Gasteiger partial charge in [0, 0.05) is 57.7 Å². The number of piperidine rings is 1. The van der Waals surface area contributed by atoms with Crippen LogP contribution in [-0.4, -0.2) is 69.2 Å². The number of carbonyl (C=O) groups excluding carboxylic acids is 3. The number of aryl methyl sites for hydroxylation is 1. The van der Waals surface area contributed by atoms with Gasteiger partial charge in [0.1, 0.15) is 5.54 Å². The molecule has 0 aliphatic carbocycles. The maximum atomic E-state index is 13.7. The molecule has 0 unspecified atom stereocenters. The molecule has 3 heterocycles. The fourth-order valence-corrected chi connectivity index (χ4v) is 5.30. The maximum Gasteiger partial charge on any atom is 0.327 e. The minimum atomic E-state index is -0.735. The van der Waals surface area contributed by atoms with Crippen LogP contribution in [0.3, 0.4) is 0 Å². The molecule has 0 atom stereocenters. The highest BCUT2D eigenvalue weighted by molar-refractivity contribution is 6.07. The van der Waals surface area contributed by atoms with Gasteiger partial charge < -0.3 is 10.2 Å². The summed E-state index contributed by atoms with van der Waals surface area (Å²) in [7, 11) is 0. The first kappa shape index (κ1) is 25.8. The number of amides is 4. The van der Waals surface area contributed by atoms with E-state index in [1.807, 2.05) is 47.5 Å². The highest BCUT2D eigenvalue weighted by atomic mass is 16.2. The number of rotatable bonds is 9.